The standard InChI is InChI=1S/C18H21ClN2O3S/c1-11-8-12(2)17(13(3)9-11)25(23,24)20-14-6-7-15(16(19)10-14)18(22)21(4)5/h6-10,20H,1-5H3. The van der Waals surface area contributed by atoms with Crippen LogP contribution in [0.2, 0.25) is 5.02 Å². The number of nitrogens with zero attached hydrogens (tertiary/aromatic N) is 1. The van der Waals surface area contributed by atoms with Crippen molar-refractivity contribution in [2.45, 2.75) is 25.7 Å². The lowest BCUT2D eigenvalue weighted by atomic mass is 10.1. The van der Waals surface area contributed by atoms with E-state index in [1.807, 2.05) is 19.1 Å². The molecule has 0 heterocycles. The van der Waals surface area contributed by atoms with Crippen molar-refractivity contribution in [2.75, 3.05) is 18.8 Å². The Labute approximate surface area is 153 Å². The van der Waals surface area contributed by atoms with Gasteiger partial charge in [-0.15, -0.1) is 0 Å². The van der Waals surface area contributed by atoms with Crippen LogP contribution in [-0.2, 0) is 10.0 Å². The van der Waals surface area contributed by atoms with E-state index in [2.05, 4.69) is 4.72 Å². The van der Waals surface area contributed by atoms with Gasteiger partial charge in [-0.2, -0.15) is 0 Å². The van der Waals surface area contributed by atoms with Crippen LogP contribution in [0.25, 0.3) is 0 Å². The van der Waals surface area contributed by atoms with Crippen LogP contribution in [0, 0.1) is 20.8 Å². The molecule has 0 aromatic heterocycles. The minimum atomic E-state index is -3.76. The third kappa shape index (κ3) is 4.14. The molecule has 2 aromatic carbocycles. The normalized spacial score (nSPS) is 11.3. The maximum absolute atomic E-state index is 12.8. The molecule has 0 bridgehead atoms. The van der Waals surface area contributed by atoms with E-state index in [0.717, 1.165) is 5.56 Å². The van der Waals surface area contributed by atoms with Crippen LogP contribution in [0.15, 0.2) is 35.2 Å². The van der Waals surface area contributed by atoms with Crippen molar-refractivity contribution in [3.05, 3.63) is 57.6 Å². The Morgan fingerprint density at radius 2 is 1.60 bits per heavy atom. The Bertz CT molecular complexity index is 914. The molecule has 0 aliphatic carbocycles. The second-order valence-electron chi connectivity index (χ2n) is 6.23. The summed E-state index contributed by atoms with van der Waals surface area (Å²) < 4.78 is 28.1. The van der Waals surface area contributed by atoms with Crippen molar-refractivity contribution in [2.24, 2.45) is 0 Å². The van der Waals surface area contributed by atoms with Gasteiger partial charge >= 0.3 is 0 Å². The Hall–Kier alpha value is -2.05. The number of hydrogen-bond acceptors (Lipinski definition) is 3. The Morgan fingerprint density at radius 1 is 1.04 bits per heavy atom. The van der Waals surface area contributed by atoms with Crippen molar-refractivity contribution in [1.29, 1.82) is 0 Å². The number of hydrogen-bond donors (Lipinski definition) is 1. The molecule has 0 unspecified atom stereocenters. The number of amides is 1. The summed E-state index contributed by atoms with van der Waals surface area (Å²) in [6.07, 6.45) is 0. The van der Waals surface area contributed by atoms with E-state index in [1.54, 1.807) is 27.9 Å². The number of aryl methyl sites for hydroxylation is 3. The summed E-state index contributed by atoms with van der Waals surface area (Å²) in [5.41, 5.74) is 2.98. The molecule has 0 radical (unpaired) electrons. The summed E-state index contributed by atoms with van der Waals surface area (Å²) in [4.78, 5) is 13.7. The molecular formula is C18H21ClN2O3S. The molecule has 2 aromatic rings. The number of benzene rings is 2. The van der Waals surface area contributed by atoms with E-state index in [9.17, 15) is 13.2 Å². The summed E-state index contributed by atoms with van der Waals surface area (Å²) in [5, 5.41) is 0.191. The van der Waals surface area contributed by atoms with Crippen LogP contribution < -0.4 is 4.72 Å². The molecular weight excluding hydrogens is 360 g/mol. The predicted molar refractivity (Wildman–Crippen MR) is 101 cm³/mol. The molecule has 0 aliphatic rings. The van der Waals surface area contributed by atoms with E-state index in [4.69, 9.17) is 11.6 Å². The number of nitrogens with one attached hydrogen (secondary N) is 1. The Morgan fingerprint density at radius 3 is 2.08 bits per heavy atom. The zero-order chi connectivity index (χ0) is 18.9. The number of halogens is 1. The molecule has 5 nitrogen and oxygen atoms in total. The second kappa shape index (κ2) is 7.06. The summed E-state index contributed by atoms with van der Waals surface area (Å²) in [5.74, 6) is -0.246. The average Bonchev–Trinajstić information content (AvgIpc) is 2.44. The highest BCUT2D eigenvalue weighted by atomic mass is 35.5. The first-order valence-corrected chi connectivity index (χ1v) is 9.51. The van der Waals surface area contributed by atoms with Gasteiger partial charge in [-0.3, -0.25) is 9.52 Å². The first kappa shape index (κ1) is 19.3. The summed E-state index contributed by atoms with van der Waals surface area (Å²) in [6.45, 7) is 5.45. The molecule has 0 fully saturated rings. The third-order valence-electron chi connectivity index (χ3n) is 3.73. The van der Waals surface area contributed by atoms with Gasteiger partial charge in [0.2, 0.25) is 0 Å². The van der Waals surface area contributed by atoms with Gasteiger partial charge in [0.1, 0.15) is 0 Å². The highest BCUT2D eigenvalue weighted by molar-refractivity contribution is 7.92. The monoisotopic (exact) mass is 380 g/mol. The van der Waals surface area contributed by atoms with E-state index in [0.29, 0.717) is 22.4 Å². The minimum absolute atomic E-state index is 0.191. The summed E-state index contributed by atoms with van der Waals surface area (Å²) in [7, 11) is -0.515. The van der Waals surface area contributed by atoms with E-state index < -0.39 is 10.0 Å². The van der Waals surface area contributed by atoms with E-state index >= 15 is 0 Å². The molecule has 0 saturated carbocycles. The fourth-order valence-electron chi connectivity index (χ4n) is 2.79. The summed E-state index contributed by atoms with van der Waals surface area (Å²) in [6, 6.07) is 8.13. The molecule has 7 heteroatoms. The van der Waals surface area contributed by atoms with Gasteiger partial charge in [-0.05, 0) is 50.1 Å². The quantitative estimate of drug-likeness (QED) is 0.877. The van der Waals surface area contributed by atoms with Crippen molar-refractivity contribution in [3.63, 3.8) is 0 Å². The molecule has 0 aliphatic heterocycles. The number of rotatable bonds is 4. The van der Waals surface area contributed by atoms with Gasteiger partial charge in [0.25, 0.3) is 15.9 Å². The zero-order valence-corrected chi connectivity index (χ0v) is 16.4. The van der Waals surface area contributed by atoms with Crippen LogP contribution in [0.3, 0.4) is 0 Å². The zero-order valence-electron chi connectivity index (χ0n) is 14.8. The van der Waals surface area contributed by atoms with E-state index in [1.165, 1.54) is 23.1 Å². The number of sulfonamides is 1. The molecule has 0 saturated heterocycles. The topological polar surface area (TPSA) is 66.5 Å². The first-order chi connectivity index (χ1) is 11.5. The average molecular weight is 381 g/mol. The SMILES string of the molecule is Cc1cc(C)c(S(=O)(=O)Nc2ccc(C(=O)N(C)C)c(Cl)c2)c(C)c1. The molecule has 1 amide bonds. The van der Waals surface area contributed by atoms with Crippen molar-refractivity contribution in [1.82, 2.24) is 4.90 Å². The fraction of sp³-hybridized carbons (Fsp3) is 0.278. The van der Waals surface area contributed by atoms with Gasteiger partial charge in [-0.1, -0.05) is 29.3 Å². The highest BCUT2D eigenvalue weighted by Gasteiger charge is 2.21. The van der Waals surface area contributed by atoms with Crippen molar-refractivity contribution < 1.29 is 13.2 Å². The molecule has 1 N–H and O–H groups in total. The third-order valence-corrected chi connectivity index (χ3v) is 5.73. The van der Waals surface area contributed by atoms with Crippen molar-refractivity contribution >= 4 is 33.2 Å². The molecule has 134 valence electrons. The first-order valence-electron chi connectivity index (χ1n) is 7.65. The highest BCUT2D eigenvalue weighted by Crippen LogP contribution is 2.27. The smallest absolute Gasteiger partial charge is 0.262 e. The molecule has 0 atom stereocenters. The Kier molecular flexibility index (Phi) is 5.44. The van der Waals surface area contributed by atoms with Gasteiger partial charge < -0.3 is 4.90 Å². The van der Waals surface area contributed by atoms with Crippen LogP contribution in [0.4, 0.5) is 5.69 Å². The van der Waals surface area contributed by atoms with Crippen LogP contribution in [0.5, 0.6) is 0 Å². The maximum atomic E-state index is 12.8. The number of carbonyl (C=O) groups excluding carboxylic acids is 1. The summed E-state index contributed by atoms with van der Waals surface area (Å²) >= 11 is 6.14. The lowest BCUT2D eigenvalue weighted by Gasteiger charge is -2.15. The lowest BCUT2D eigenvalue weighted by Crippen LogP contribution is -2.22. The van der Waals surface area contributed by atoms with Crippen molar-refractivity contribution in [3.8, 4) is 0 Å². The Balaban J connectivity index is 2.40. The largest absolute Gasteiger partial charge is 0.345 e. The predicted octanol–water partition coefficient (Wildman–Crippen LogP) is 3.77. The number of carbonyl (C=O) groups is 1. The van der Waals surface area contributed by atoms with Crippen LogP contribution >= 0.6 is 11.6 Å². The second-order valence-corrected chi connectivity index (χ2v) is 8.25. The van der Waals surface area contributed by atoms with Gasteiger partial charge in [-0.25, -0.2) is 8.42 Å². The maximum Gasteiger partial charge on any atom is 0.262 e. The molecule has 25 heavy (non-hydrogen) atoms. The lowest BCUT2D eigenvalue weighted by molar-refractivity contribution is 0.0828. The van der Waals surface area contributed by atoms with Gasteiger partial charge in [0, 0.05) is 14.1 Å². The van der Waals surface area contributed by atoms with Crippen LogP contribution in [-0.4, -0.2) is 33.3 Å². The number of anilines is 1. The van der Waals surface area contributed by atoms with Crippen LogP contribution in [0.1, 0.15) is 27.0 Å². The fourth-order valence-corrected chi connectivity index (χ4v) is 4.56. The minimum Gasteiger partial charge on any atom is -0.345 e. The molecule has 0 spiro atoms. The molecule has 2 rings (SSSR count). The van der Waals surface area contributed by atoms with E-state index in [-0.39, 0.29) is 15.8 Å². The van der Waals surface area contributed by atoms with Gasteiger partial charge in [0.05, 0.1) is 21.2 Å². The van der Waals surface area contributed by atoms with Gasteiger partial charge in [0.15, 0.2) is 0 Å².